The molecule has 1 atom stereocenters. The number of sulfonamides is 1. The van der Waals surface area contributed by atoms with E-state index in [-0.39, 0.29) is 17.3 Å². The summed E-state index contributed by atoms with van der Waals surface area (Å²) in [5.41, 5.74) is 3.00. The van der Waals surface area contributed by atoms with E-state index in [0.717, 1.165) is 21.3 Å². The van der Waals surface area contributed by atoms with E-state index >= 15 is 0 Å². The fraction of sp³-hybridized carbons (Fsp3) is 0.333. The fourth-order valence-corrected chi connectivity index (χ4v) is 6.02. The third kappa shape index (κ3) is 4.19. The number of thiazole rings is 1. The fourth-order valence-electron chi connectivity index (χ4n) is 3.53. The van der Waals surface area contributed by atoms with Crippen LogP contribution in [-0.4, -0.2) is 36.7 Å². The molecule has 1 aliphatic rings. The number of hydrogen-bond donors (Lipinski definition) is 1. The maximum Gasteiger partial charge on any atom is 0.243 e. The van der Waals surface area contributed by atoms with Crippen LogP contribution >= 0.6 is 11.3 Å². The summed E-state index contributed by atoms with van der Waals surface area (Å²) >= 11 is 1.43. The van der Waals surface area contributed by atoms with Crippen LogP contribution in [0, 0.1) is 19.8 Å². The van der Waals surface area contributed by atoms with Gasteiger partial charge >= 0.3 is 0 Å². The van der Waals surface area contributed by atoms with Crippen molar-refractivity contribution < 1.29 is 13.2 Å². The lowest BCUT2D eigenvalue weighted by Gasteiger charge is -2.31. The highest BCUT2D eigenvalue weighted by Crippen LogP contribution is 2.29. The zero-order valence-electron chi connectivity index (χ0n) is 16.4. The number of hydrogen-bond acceptors (Lipinski definition) is 5. The maximum atomic E-state index is 13.0. The quantitative estimate of drug-likeness (QED) is 0.681. The van der Waals surface area contributed by atoms with Gasteiger partial charge in [-0.2, -0.15) is 4.31 Å². The second kappa shape index (κ2) is 7.85. The summed E-state index contributed by atoms with van der Waals surface area (Å²) in [5, 5.41) is 3.44. The SMILES string of the molecule is Cc1ccc(S(=O)(=O)N2CCCC(C(=O)Nc3nc4ccc(C)cc4s3)C2)cc1. The third-order valence-electron chi connectivity index (χ3n) is 5.19. The minimum Gasteiger partial charge on any atom is -0.302 e. The molecule has 4 rings (SSSR count). The second-order valence-corrected chi connectivity index (χ2v) is 10.5. The van der Waals surface area contributed by atoms with Crippen LogP contribution in [0.5, 0.6) is 0 Å². The minimum atomic E-state index is -3.60. The van der Waals surface area contributed by atoms with E-state index in [0.29, 0.717) is 24.5 Å². The van der Waals surface area contributed by atoms with Crippen molar-refractivity contribution in [2.75, 3.05) is 18.4 Å². The van der Waals surface area contributed by atoms with E-state index < -0.39 is 15.9 Å². The number of carbonyl (C=O) groups excluding carboxylic acids is 1. The van der Waals surface area contributed by atoms with Crippen LogP contribution in [0.1, 0.15) is 24.0 Å². The van der Waals surface area contributed by atoms with Gasteiger partial charge < -0.3 is 5.32 Å². The highest BCUT2D eigenvalue weighted by molar-refractivity contribution is 7.89. The number of aromatic nitrogens is 1. The van der Waals surface area contributed by atoms with Gasteiger partial charge in [-0.25, -0.2) is 13.4 Å². The second-order valence-electron chi connectivity index (χ2n) is 7.49. The Kier molecular flexibility index (Phi) is 5.42. The Labute approximate surface area is 174 Å². The Bertz CT molecular complexity index is 1150. The summed E-state index contributed by atoms with van der Waals surface area (Å²) < 4.78 is 28.4. The van der Waals surface area contributed by atoms with E-state index in [1.54, 1.807) is 24.3 Å². The van der Waals surface area contributed by atoms with Gasteiger partial charge in [0.15, 0.2) is 5.13 Å². The largest absolute Gasteiger partial charge is 0.302 e. The number of nitrogens with one attached hydrogen (secondary N) is 1. The molecule has 29 heavy (non-hydrogen) atoms. The third-order valence-corrected chi connectivity index (χ3v) is 8.00. The maximum absolute atomic E-state index is 13.0. The molecule has 0 bridgehead atoms. The Balaban J connectivity index is 1.48. The molecule has 2 heterocycles. The van der Waals surface area contributed by atoms with E-state index in [4.69, 9.17) is 0 Å². The van der Waals surface area contributed by atoms with Gasteiger partial charge in [0.2, 0.25) is 15.9 Å². The molecule has 3 aromatic rings. The van der Waals surface area contributed by atoms with Gasteiger partial charge in [0.25, 0.3) is 0 Å². The number of benzene rings is 2. The van der Waals surface area contributed by atoms with Crippen LogP contribution in [-0.2, 0) is 14.8 Å². The molecule has 0 aliphatic carbocycles. The normalized spacial score (nSPS) is 18.1. The number of fused-ring (bicyclic) bond motifs is 1. The van der Waals surface area contributed by atoms with E-state index in [9.17, 15) is 13.2 Å². The van der Waals surface area contributed by atoms with Crippen molar-refractivity contribution in [2.24, 2.45) is 5.92 Å². The standard InChI is InChI=1S/C21H23N3O3S2/c1-14-5-8-17(9-6-14)29(26,27)24-11-3-4-16(13-24)20(25)23-21-22-18-10-7-15(2)12-19(18)28-21/h5-10,12,16H,3-4,11,13H2,1-2H3,(H,22,23,25). The first-order valence-corrected chi connectivity index (χ1v) is 11.8. The molecule has 1 N–H and O–H groups in total. The van der Waals surface area contributed by atoms with Crippen LogP contribution in [0.4, 0.5) is 5.13 Å². The predicted molar refractivity (Wildman–Crippen MR) is 116 cm³/mol. The number of piperidine rings is 1. The molecular weight excluding hydrogens is 406 g/mol. The van der Waals surface area contributed by atoms with Gasteiger partial charge in [0.1, 0.15) is 0 Å². The molecule has 1 amide bonds. The molecule has 1 aliphatic heterocycles. The van der Waals surface area contributed by atoms with E-state index in [2.05, 4.69) is 10.3 Å². The summed E-state index contributed by atoms with van der Waals surface area (Å²) in [5.74, 6) is -0.567. The number of aryl methyl sites for hydroxylation is 2. The van der Waals surface area contributed by atoms with Crippen molar-refractivity contribution in [2.45, 2.75) is 31.6 Å². The molecule has 1 unspecified atom stereocenters. The van der Waals surface area contributed by atoms with Crippen molar-refractivity contribution >= 4 is 42.6 Å². The topological polar surface area (TPSA) is 79.4 Å². The number of amides is 1. The van der Waals surface area contributed by atoms with Crippen LogP contribution < -0.4 is 5.32 Å². The van der Waals surface area contributed by atoms with Gasteiger partial charge in [-0.3, -0.25) is 4.79 Å². The van der Waals surface area contributed by atoms with Crippen LogP contribution in [0.15, 0.2) is 47.4 Å². The smallest absolute Gasteiger partial charge is 0.243 e. The summed E-state index contributed by atoms with van der Waals surface area (Å²) in [6.45, 7) is 4.55. The molecule has 0 radical (unpaired) electrons. The lowest BCUT2D eigenvalue weighted by molar-refractivity contribution is -0.120. The molecule has 1 saturated heterocycles. The molecule has 2 aromatic carbocycles. The van der Waals surface area contributed by atoms with Crippen LogP contribution in [0.2, 0.25) is 0 Å². The zero-order chi connectivity index (χ0) is 20.6. The van der Waals surface area contributed by atoms with Gasteiger partial charge in [0.05, 0.1) is 21.0 Å². The number of anilines is 1. The van der Waals surface area contributed by atoms with E-state index in [1.165, 1.54) is 15.6 Å². The van der Waals surface area contributed by atoms with Crippen molar-refractivity contribution in [3.8, 4) is 0 Å². The first kappa shape index (κ1) is 20.0. The lowest BCUT2D eigenvalue weighted by atomic mass is 9.99. The van der Waals surface area contributed by atoms with E-state index in [1.807, 2.05) is 32.0 Å². The summed E-state index contributed by atoms with van der Waals surface area (Å²) in [6, 6.07) is 12.8. The zero-order valence-corrected chi connectivity index (χ0v) is 18.0. The number of rotatable bonds is 4. The number of carbonyl (C=O) groups is 1. The Morgan fingerprint density at radius 2 is 1.86 bits per heavy atom. The first-order valence-electron chi connectivity index (χ1n) is 9.58. The van der Waals surface area contributed by atoms with Crippen LogP contribution in [0.3, 0.4) is 0 Å². The monoisotopic (exact) mass is 429 g/mol. The highest BCUT2D eigenvalue weighted by Gasteiger charge is 2.33. The Morgan fingerprint density at radius 1 is 1.14 bits per heavy atom. The van der Waals surface area contributed by atoms with Gasteiger partial charge in [0, 0.05) is 13.1 Å². The Hall–Kier alpha value is -2.29. The molecule has 0 saturated carbocycles. The molecule has 1 aromatic heterocycles. The molecular formula is C21H23N3O3S2. The highest BCUT2D eigenvalue weighted by atomic mass is 32.2. The molecule has 6 nitrogen and oxygen atoms in total. The van der Waals surface area contributed by atoms with Crippen molar-refractivity contribution in [1.82, 2.24) is 9.29 Å². The average Bonchev–Trinajstić information content (AvgIpc) is 3.09. The molecule has 1 fully saturated rings. The van der Waals surface area contributed by atoms with Crippen molar-refractivity contribution in [3.63, 3.8) is 0 Å². The van der Waals surface area contributed by atoms with Gasteiger partial charge in [-0.1, -0.05) is 35.1 Å². The summed E-state index contributed by atoms with van der Waals surface area (Å²) in [6.07, 6.45) is 1.32. The minimum absolute atomic E-state index is 0.176. The predicted octanol–water partition coefficient (Wildman–Crippen LogP) is 3.95. The first-order chi connectivity index (χ1) is 13.8. The molecule has 0 spiro atoms. The Morgan fingerprint density at radius 3 is 2.62 bits per heavy atom. The summed E-state index contributed by atoms with van der Waals surface area (Å²) in [4.78, 5) is 17.5. The molecule has 152 valence electrons. The lowest BCUT2D eigenvalue weighted by Crippen LogP contribution is -2.43. The molecule has 8 heteroatoms. The van der Waals surface area contributed by atoms with Crippen molar-refractivity contribution in [1.29, 1.82) is 0 Å². The van der Waals surface area contributed by atoms with Crippen molar-refractivity contribution in [3.05, 3.63) is 53.6 Å². The average molecular weight is 430 g/mol. The number of nitrogens with zero attached hydrogens (tertiary/aromatic N) is 2. The van der Waals surface area contributed by atoms with Crippen LogP contribution in [0.25, 0.3) is 10.2 Å². The summed E-state index contributed by atoms with van der Waals surface area (Å²) in [7, 11) is -3.60. The van der Waals surface area contributed by atoms with Gasteiger partial charge in [-0.15, -0.1) is 0 Å². The van der Waals surface area contributed by atoms with Gasteiger partial charge in [-0.05, 0) is 56.5 Å².